The smallest absolute Gasteiger partial charge is 0.110 e. The molecule has 2 nitrogen and oxygen atoms in total. The van der Waals surface area contributed by atoms with Crippen LogP contribution in [0.2, 0.25) is 0 Å². The quantitative estimate of drug-likeness (QED) is 0.483. The lowest BCUT2D eigenvalue weighted by Crippen LogP contribution is -1.81. The Morgan fingerprint density at radius 1 is 1.00 bits per heavy atom. The van der Waals surface area contributed by atoms with Crippen molar-refractivity contribution in [2.24, 2.45) is 0 Å². The first-order chi connectivity index (χ1) is 8.15. The van der Waals surface area contributed by atoms with Gasteiger partial charge in [0.25, 0.3) is 0 Å². The number of aromatic nitrogens is 2. The second kappa shape index (κ2) is 7.95. The Bertz CT molecular complexity index is 454. The number of nitrogens with zero attached hydrogens (tertiary/aromatic N) is 2. The number of hydrogen-bond donors (Lipinski definition) is 0. The van der Waals surface area contributed by atoms with Crippen LogP contribution in [0, 0.1) is 6.92 Å². The van der Waals surface area contributed by atoms with E-state index in [9.17, 15) is 0 Å². The van der Waals surface area contributed by atoms with Crippen LogP contribution in [0.1, 0.15) is 11.1 Å². The van der Waals surface area contributed by atoms with Crippen molar-refractivity contribution < 1.29 is 0 Å². The summed E-state index contributed by atoms with van der Waals surface area (Å²) >= 11 is 9.94. The summed E-state index contributed by atoms with van der Waals surface area (Å²) < 4.78 is 1.85. The Balaban J connectivity index is 0.000000171. The Hall–Kier alpha value is -0.260. The third kappa shape index (κ3) is 5.27. The molecular weight excluding hydrogens is 412 g/mol. The van der Waals surface area contributed by atoms with Gasteiger partial charge in [-0.1, -0.05) is 28.1 Å². The van der Waals surface area contributed by atoms with Gasteiger partial charge in [-0.05, 0) is 62.0 Å². The number of rotatable bonds is 1. The van der Waals surface area contributed by atoms with Gasteiger partial charge in [-0.15, -0.1) is 0 Å². The highest BCUT2D eigenvalue weighted by Gasteiger charge is 1.94. The normalized spacial score (nSPS) is 9.41. The Labute approximate surface area is 126 Å². The molecule has 0 bridgehead atoms. The van der Waals surface area contributed by atoms with E-state index in [0.29, 0.717) is 0 Å². The fourth-order valence-corrected chi connectivity index (χ4v) is 2.46. The average Bonchev–Trinajstić information content (AvgIpc) is 2.34. The third-order valence-electron chi connectivity index (χ3n) is 1.93. The SMILES string of the molecule is BrCc1cccnc1Br.Cc1cccnc1Br. The van der Waals surface area contributed by atoms with Gasteiger partial charge in [-0.2, -0.15) is 0 Å². The first-order valence-electron chi connectivity index (χ1n) is 4.87. The van der Waals surface area contributed by atoms with Crippen molar-refractivity contribution in [2.75, 3.05) is 0 Å². The molecule has 0 saturated carbocycles. The van der Waals surface area contributed by atoms with Gasteiger partial charge in [0.05, 0.1) is 0 Å². The number of pyridine rings is 2. The maximum Gasteiger partial charge on any atom is 0.110 e. The molecule has 0 unspecified atom stereocenters. The van der Waals surface area contributed by atoms with Crippen LogP contribution in [0.25, 0.3) is 0 Å². The molecule has 2 aromatic heterocycles. The summed E-state index contributed by atoms with van der Waals surface area (Å²) in [4.78, 5) is 8.03. The van der Waals surface area contributed by atoms with Gasteiger partial charge in [0, 0.05) is 17.7 Å². The molecule has 0 spiro atoms. The lowest BCUT2D eigenvalue weighted by molar-refractivity contribution is 1.21. The van der Waals surface area contributed by atoms with Gasteiger partial charge in [-0.25, -0.2) is 9.97 Å². The van der Waals surface area contributed by atoms with Crippen LogP contribution in [-0.4, -0.2) is 9.97 Å². The lowest BCUT2D eigenvalue weighted by atomic mass is 10.3. The van der Waals surface area contributed by atoms with Gasteiger partial charge in [0.15, 0.2) is 0 Å². The highest BCUT2D eigenvalue weighted by molar-refractivity contribution is 9.11. The Morgan fingerprint density at radius 2 is 1.59 bits per heavy atom. The molecule has 0 radical (unpaired) electrons. The Kier molecular flexibility index (Phi) is 6.92. The van der Waals surface area contributed by atoms with Crippen LogP contribution in [-0.2, 0) is 5.33 Å². The van der Waals surface area contributed by atoms with Gasteiger partial charge < -0.3 is 0 Å². The summed E-state index contributed by atoms with van der Waals surface area (Å²) in [6.45, 7) is 2.01. The molecule has 0 amide bonds. The molecule has 0 aliphatic carbocycles. The van der Waals surface area contributed by atoms with Crippen molar-refractivity contribution in [3.05, 3.63) is 57.0 Å². The molecule has 2 heterocycles. The highest BCUT2D eigenvalue weighted by atomic mass is 79.9. The summed E-state index contributed by atoms with van der Waals surface area (Å²) in [6, 6.07) is 7.87. The van der Waals surface area contributed by atoms with E-state index in [1.807, 2.05) is 31.2 Å². The van der Waals surface area contributed by atoms with Crippen molar-refractivity contribution in [3.8, 4) is 0 Å². The van der Waals surface area contributed by atoms with Crippen molar-refractivity contribution in [1.82, 2.24) is 9.97 Å². The van der Waals surface area contributed by atoms with Crippen molar-refractivity contribution in [1.29, 1.82) is 0 Å². The highest BCUT2D eigenvalue weighted by Crippen LogP contribution is 2.14. The summed E-state index contributed by atoms with van der Waals surface area (Å²) in [7, 11) is 0. The van der Waals surface area contributed by atoms with E-state index in [1.54, 1.807) is 12.4 Å². The molecule has 2 rings (SSSR count). The van der Waals surface area contributed by atoms with E-state index < -0.39 is 0 Å². The zero-order valence-corrected chi connectivity index (χ0v) is 14.0. The topological polar surface area (TPSA) is 25.8 Å². The van der Waals surface area contributed by atoms with E-state index in [2.05, 4.69) is 57.8 Å². The monoisotopic (exact) mass is 420 g/mol. The molecule has 17 heavy (non-hydrogen) atoms. The third-order valence-corrected chi connectivity index (χ3v) is 4.07. The minimum atomic E-state index is 0.849. The lowest BCUT2D eigenvalue weighted by Gasteiger charge is -1.94. The van der Waals surface area contributed by atoms with Crippen molar-refractivity contribution in [3.63, 3.8) is 0 Å². The van der Waals surface area contributed by atoms with E-state index in [4.69, 9.17) is 0 Å². The number of halogens is 3. The number of hydrogen-bond acceptors (Lipinski definition) is 2. The predicted octanol–water partition coefficient (Wildman–Crippen LogP) is 4.89. The molecule has 0 aromatic carbocycles. The minimum Gasteiger partial charge on any atom is -0.249 e. The fourth-order valence-electron chi connectivity index (χ4n) is 0.985. The van der Waals surface area contributed by atoms with Gasteiger partial charge in [-0.3, -0.25) is 0 Å². The molecule has 2 aromatic rings. The first kappa shape index (κ1) is 14.8. The molecule has 0 N–H and O–H groups in total. The molecule has 0 aliphatic rings. The summed E-state index contributed by atoms with van der Waals surface area (Å²) in [5, 5.41) is 0.849. The van der Waals surface area contributed by atoms with Gasteiger partial charge in [0.1, 0.15) is 9.21 Å². The van der Waals surface area contributed by atoms with Crippen LogP contribution >= 0.6 is 47.8 Å². The van der Waals surface area contributed by atoms with Gasteiger partial charge >= 0.3 is 0 Å². The Morgan fingerprint density at radius 3 is 1.94 bits per heavy atom. The zero-order chi connectivity index (χ0) is 12.7. The van der Waals surface area contributed by atoms with Crippen molar-refractivity contribution >= 4 is 47.8 Å². The van der Waals surface area contributed by atoms with E-state index in [-0.39, 0.29) is 0 Å². The molecule has 0 saturated heterocycles. The van der Waals surface area contributed by atoms with Crippen LogP contribution in [0.3, 0.4) is 0 Å². The summed E-state index contributed by atoms with van der Waals surface area (Å²) in [5.41, 5.74) is 2.35. The summed E-state index contributed by atoms with van der Waals surface area (Å²) in [6.07, 6.45) is 3.52. The fraction of sp³-hybridized carbons (Fsp3) is 0.167. The average molecular weight is 423 g/mol. The van der Waals surface area contributed by atoms with Crippen LogP contribution in [0.15, 0.2) is 45.9 Å². The molecule has 0 fully saturated rings. The predicted molar refractivity (Wildman–Crippen MR) is 81.2 cm³/mol. The molecule has 90 valence electrons. The number of alkyl halides is 1. The maximum atomic E-state index is 4.04. The standard InChI is InChI=1S/C6H5Br2N.C6H6BrN/c7-4-5-2-1-3-9-6(5)8;1-5-3-2-4-8-6(5)7/h1-3H,4H2;2-4H,1H3. The number of aryl methyl sites for hydroxylation is 1. The molecule has 0 aliphatic heterocycles. The van der Waals surface area contributed by atoms with E-state index in [1.165, 1.54) is 11.1 Å². The van der Waals surface area contributed by atoms with E-state index >= 15 is 0 Å². The van der Waals surface area contributed by atoms with Gasteiger partial charge in [0.2, 0.25) is 0 Å². The molecular formula is C12H11Br3N2. The van der Waals surface area contributed by atoms with E-state index in [0.717, 1.165) is 14.5 Å². The van der Waals surface area contributed by atoms with Crippen molar-refractivity contribution in [2.45, 2.75) is 12.3 Å². The molecule has 0 atom stereocenters. The largest absolute Gasteiger partial charge is 0.249 e. The zero-order valence-electron chi connectivity index (χ0n) is 9.20. The van der Waals surface area contributed by atoms with Crippen LogP contribution in [0.4, 0.5) is 0 Å². The maximum absolute atomic E-state index is 4.04. The second-order valence-electron chi connectivity index (χ2n) is 3.20. The van der Waals surface area contributed by atoms with Crippen LogP contribution in [0.5, 0.6) is 0 Å². The second-order valence-corrected chi connectivity index (χ2v) is 5.26. The molecule has 5 heteroatoms. The van der Waals surface area contributed by atoms with Crippen LogP contribution < -0.4 is 0 Å². The first-order valence-corrected chi connectivity index (χ1v) is 7.58. The summed E-state index contributed by atoms with van der Waals surface area (Å²) in [5.74, 6) is 0. The minimum absolute atomic E-state index is 0.849.